The fraction of sp³-hybridized carbons (Fsp3) is 0.625. The molecule has 0 bridgehead atoms. The second-order valence-corrected chi connectivity index (χ2v) is 5.70. The van der Waals surface area contributed by atoms with Crippen LogP contribution in [0.4, 0.5) is 0 Å². The molecule has 1 aromatic rings. The summed E-state index contributed by atoms with van der Waals surface area (Å²) < 4.78 is 0. The molecule has 1 nitrogen and oxygen atoms in total. The fourth-order valence-electron chi connectivity index (χ4n) is 3.51. The van der Waals surface area contributed by atoms with Crippen LogP contribution in [-0.2, 0) is 19.3 Å². The molecule has 1 N–H and O–H groups in total. The van der Waals surface area contributed by atoms with Gasteiger partial charge in [0.25, 0.3) is 0 Å². The van der Waals surface area contributed by atoms with Gasteiger partial charge in [-0.25, -0.2) is 0 Å². The van der Waals surface area contributed by atoms with Gasteiger partial charge >= 0.3 is 0 Å². The Morgan fingerprint density at radius 1 is 1.12 bits per heavy atom. The molecule has 1 fully saturated rings. The third kappa shape index (κ3) is 2.26. The van der Waals surface area contributed by atoms with E-state index in [0.29, 0.717) is 0 Å². The first-order chi connectivity index (χ1) is 8.34. The predicted molar refractivity (Wildman–Crippen MR) is 72.5 cm³/mol. The molecule has 17 heavy (non-hydrogen) atoms. The molecule has 1 atom stereocenters. The van der Waals surface area contributed by atoms with Gasteiger partial charge in [-0.1, -0.05) is 12.1 Å². The quantitative estimate of drug-likeness (QED) is 0.821. The van der Waals surface area contributed by atoms with Gasteiger partial charge in [-0.05, 0) is 80.7 Å². The highest BCUT2D eigenvalue weighted by atomic mass is 14.9. The Balaban J connectivity index is 1.88. The van der Waals surface area contributed by atoms with Gasteiger partial charge in [0.15, 0.2) is 0 Å². The minimum absolute atomic E-state index is 0.740. The fourth-order valence-corrected chi connectivity index (χ4v) is 3.51. The SMILES string of the molecule is Cc1ccc(CC2CCCN2)c2c1CCCC2. The Morgan fingerprint density at radius 2 is 1.94 bits per heavy atom. The lowest BCUT2D eigenvalue weighted by Crippen LogP contribution is -2.24. The van der Waals surface area contributed by atoms with Crippen molar-refractivity contribution < 1.29 is 0 Å². The van der Waals surface area contributed by atoms with Crippen molar-refractivity contribution in [3.63, 3.8) is 0 Å². The lowest BCUT2D eigenvalue weighted by Gasteiger charge is -2.23. The van der Waals surface area contributed by atoms with E-state index in [9.17, 15) is 0 Å². The maximum absolute atomic E-state index is 3.63. The zero-order valence-electron chi connectivity index (χ0n) is 10.9. The summed E-state index contributed by atoms with van der Waals surface area (Å²) in [6.07, 6.45) is 9.39. The molecular weight excluding hydrogens is 206 g/mol. The number of nitrogens with one attached hydrogen (secondary N) is 1. The molecule has 1 aliphatic carbocycles. The Morgan fingerprint density at radius 3 is 2.71 bits per heavy atom. The first kappa shape index (κ1) is 11.3. The van der Waals surface area contributed by atoms with Crippen molar-refractivity contribution in [2.75, 3.05) is 6.54 Å². The van der Waals surface area contributed by atoms with Crippen LogP contribution in [0.25, 0.3) is 0 Å². The molecule has 0 aromatic heterocycles. The molecule has 3 rings (SSSR count). The van der Waals surface area contributed by atoms with E-state index < -0.39 is 0 Å². The summed E-state index contributed by atoms with van der Waals surface area (Å²) in [5.41, 5.74) is 6.52. The molecule has 0 amide bonds. The van der Waals surface area contributed by atoms with E-state index in [-0.39, 0.29) is 0 Å². The topological polar surface area (TPSA) is 12.0 Å². The lowest BCUT2D eigenvalue weighted by atomic mass is 9.84. The standard InChI is InChI=1S/C16H23N/c1-12-8-9-13(11-14-5-4-10-17-14)16-7-3-2-6-15(12)16/h8-9,14,17H,2-7,10-11H2,1H3. The third-order valence-electron chi connectivity index (χ3n) is 4.49. The predicted octanol–water partition coefficient (Wildman–Crippen LogP) is 3.17. The van der Waals surface area contributed by atoms with E-state index >= 15 is 0 Å². The van der Waals surface area contributed by atoms with E-state index in [4.69, 9.17) is 0 Å². The Kier molecular flexibility index (Phi) is 3.19. The summed E-state index contributed by atoms with van der Waals surface area (Å²) in [5.74, 6) is 0. The molecule has 1 unspecified atom stereocenters. The van der Waals surface area contributed by atoms with Gasteiger partial charge in [0.2, 0.25) is 0 Å². The van der Waals surface area contributed by atoms with Crippen molar-refractivity contribution in [2.45, 2.75) is 57.9 Å². The molecule has 1 aliphatic heterocycles. The molecule has 2 aliphatic rings. The number of rotatable bonds is 2. The van der Waals surface area contributed by atoms with Crippen molar-refractivity contribution in [1.82, 2.24) is 5.32 Å². The van der Waals surface area contributed by atoms with Crippen LogP contribution in [0.3, 0.4) is 0 Å². The summed E-state index contributed by atoms with van der Waals surface area (Å²) >= 11 is 0. The average Bonchev–Trinajstić information content (AvgIpc) is 2.86. The lowest BCUT2D eigenvalue weighted by molar-refractivity contribution is 0.592. The highest BCUT2D eigenvalue weighted by Gasteiger charge is 2.19. The van der Waals surface area contributed by atoms with Crippen LogP contribution in [0.5, 0.6) is 0 Å². The molecule has 1 aromatic carbocycles. The van der Waals surface area contributed by atoms with Crippen LogP contribution in [0.1, 0.15) is 47.9 Å². The molecule has 92 valence electrons. The maximum Gasteiger partial charge on any atom is 0.0108 e. The monoisotopic (exact) mass is 229 g/mol. The largest absolute Gasteiger partial charge is 0.314 e. The van der Waals surface area contributed by atoms with Gasteiger partial charge in [0.1, 0.15) is 0 Å². The number of fused-ring (bicyclic) bond motifs is 1. The molecule has 0 saturated carbocycles. The molecule has 0 spiro atoms. The number of benzene rings is 1. The van der Waals surface area contributed by atoms with Crippen LogP contribution in [0.15, 0.2) is 12.1 Å². The summed E-state index contributed by atoms with van der Waals surface area (Å²) in [7, 11) is 0. The van der Waals surface area contributed by atoms with Crippen molar-refractivity contribution in [3.8, 4) is 0 Å². The summed E-state index contributed by atoms with van der Waals surface area (Å²) in [5, 5.41) is 3.63. The molecule has 1 heterocycles. The highest BCUT2D eigenvalue weighted by molar-refractivity contribution is 5.42. The molecule has 1 heteroatoms. The van der Waals surface area contributed by atoms with Crippen LogP contribution < -0.4 is 5.32 Å². The minimum Gasteiger partial charge on any atom is -0.314 e. The molecule has 0 radical (unpaired) electrons. The van der Waals surface area contributed by atoms with E-state index in [2.05, 4.69) is 24.4 Å². The first-order valence-corrected chi connectivity index (χ1v) is 7.18. The maximum atomic E-state index is 3.63. The average molecular weight is 229 g/mol. The van der Waals surface area contributed by atoms with Gasteiger partial charge in [0.05, 0.1) is 0 Å². The normalized spacial score (nSPS) is 23.7. The zero-order valence-corrected chi connectivity index (χ0v) is 10.9. The molecule has 1 saturated heterocycles. The van der Waals surface area contributed by atoms with Gasteiger partial charge < -0.3 is 5.32 Å². The molecular formula is C16H23N. The van der Waals surface area contributed by atoms with E-state index in [1.54, 1.807) is 16.7 Å². The second kappa shape index (κ2) is 4.81. The smallest absolute Gasteiger partial charge is 0.0108 e. The zero-order chi connectivity index (χ0) is 11.7. The van der Waals surface area contributed by atoms with Gasteiger partial charge in [-0.3, -0.25) is 0 Å². The van der Waals surface area contributed by atoms with Crippen molar-refractivity contribution in [1.29, 1.82) is 0 Å². The Bertz CT molecular complexity index is 402. The van der Waals surface area contributed by atoms with Crippen LogP contribution in [-0.4, -0.2) is 12.6 Å². The number of hydrogen-bond donors (Lipinski definition) is 1. The summed E-state index contributed by atoms with van der Waals surface area (Å²) in [4.78, 5) is 0. The Labute approximate surface area is 105 Å². The first-order valence-electron chi connectivity index (χ1n) is 7.18. The van der Waals surface area contributed by atoms with Crippen LogP contribution >= 0.6 is 0 Å². The van der Waals surface area contributed by atoms with E-state index in [1.165, 1.54) is 57.1 Å². The summed E-state index contributed by atoms with van der Waals surface area (Å²) in [6, 6.07) is 5.47. The van der Waals surface area contributed by atoms with Gasteiger partial charge in [0, 0.05) is 6.04 Å². The third-order valence-corrected chi connectivity index (χ3v) is 4.49. The highest BCUT2D eigenvalue weighted by Crippen LogP contribution is 2.28. The van der Waals surface area contributed by atoms with E-state index in [1.807, 2.05) is 0 Å². The number of hydrogen-bond acceptors (Lipinski definition) is 1. The summed E-state index contributed by atoms with van der Waals surface area (Å²) in [6.45, 7) is 3.50. The second-order valence-electron chi connectivity index (χ2n) is 5.70. The van der Waals surface area contributed by atoms with Crippen molar-refractivity contribution >= 4 is 0 Å². The van der Waals surface area contributed by atoms with Crippen LogP contribution in [0.2, 0.25) is 0 Å². The van der Waals surface area contributed by atoms with Gasteiger partial charge in [-0.15, -0.1) is 0 Å². The minimum atomic E-state index is 0.740. The van der Waals surface area contributed by atoms with E-state index in [0.717, 1.165) is 6.04 Å². The van der Waals surface area contributed by atoms with Crippen molar-refractivity contribution in [3.05, 3.63) is 34.4 Å². The van der Waals surface area contributed by atoms with Crippen LogP contribution in [0, 0.1) is 6.92 Å². The van der Waals surface area contributed by atoms with Crippen molar-refractivity contribution in [2.24, 2.45) is 0 Å². The Hall–Kier alpha value is -0.820. The van der Waals surface area contributed by atoms with Gasteiger partial charge in [-0.2, -0.15) is 0 Å². The number of aryl methyl sites for hydroxylation is 1.